The highest BCUT2D eigenvalue weighted by atomic mass is 16.6. The van der Waals surface area contributed by atoms with Gasteiger partial charge in [-0.25, -0.2) is 14.4 Å². The highest BCUT2D eigenvalue weighted by molar-refractivity contribution is 5.88. The number of carbonyl (C=O) groups excluding carboxylic acids is 2. The fraction of sp³-hybridized carbons (Fsp3) is 0.533. The molecule has 8 nitrogen and oxygen atoms in total. The van der Waals surface area contributed by atoms with Crippen molar-refractivity contribution in [3.05, 3.63) is 23.5 Å². The number of rotatable bonds is 5. The molecule has 1 atom stereocenters. The maximum atomic E-state index is 11.7. The van der Waals surface area contributed by atoms with Crippen molar-refractivity contribution >= 4 is 18.0 Å². The minimum absolute atomic E-state index is 0.0133. The summed E-state index contributed by atoms with van der Waals surface area (Å²) < 4.78 is 11.2. The minimum atomic E-state index is -1.20. The third kappa shape index (κ3) is 5.65. The van der Waals surface area contributed by atoms with Gasteiger partial charge < -0.3 is 24.5 Å². The van der Waals surface area contributed by atoms with Gasteiger partial charge in [0.25, 0.3) is 0 Å². The monoisotopic (exact) mass is 326 g/mol. The van der Waals surface area contributed by atoms with E-state index in [9.17, 15) is 19.5 Å². The number of hydrogen-bond acceptors (Lipinski definition) is 5. The number of carboxylic acids is 1. The Morgan fingerprint density at radius 3 is 2.43 bits per heavy atom. The van der Waals surface area contributed by atoms with Gasteiger partial charge in [0.1, 0.15) is 17.3 Å². The molecule has 0 saturated heterocycles. The fourth-order valence-corrected chi connectivity index (χ4v) is 1.94. The zero-order valence-electron chi connectivity index (χ0n) is 13.9. The van der Waals surface area contributed by atoms with Gasteiger partial charge in [0.05, 0.1) is 7.11 Å². The normalized spacial score (nSPS) is 12.4. The predicted molar refractivity (Wildman–Crippen MR) is 81.3 cm³/mol. The van der Waals surface area contributed by atoms with Crippen LogP contribution in [0.15, 0.2) is 12.3 Å². The molecule has 23 heavy (non-hydrogen) atoms. The van der Waals surface area contributed by atoms with Crippen molar-refractivity contribution in [3.8, 4) is 0 Å². The van der Waals surface area contributed by atoms with Gasteiger partial charge >= 0.3 is 18.0 Å². The lowest BCUT2D eigenvalue weighted by atomic mass is 10.1. The third-order valence-corrected chi connectivity index (χ3v) is 2.88. The molecule has 0 aromatic carbocycles. The summed E-state index contributed by atoms with van der Waals surface area (Å²) in [6.07, 6.45) is 0.812. The second kappa shape index (κ2) is 7.17. The van der Waals surface area contributed by atoms with E-state index in [1.165, 1.54) is 17.7 Å². The van der Waals surface area contributed by atoms with E-state index in [-0.39, 0.29) is 6.42 Å². The number of methoxy groups -OCH3 is 1. The van der Waals surface area contributed by atoms with Crippen molar-refractivity contribution in [1.29, 1.82) is 0 Å². The first kappa shape index (κ1) is 18.5. The lowest BCUT2D eigenvalue weighted by Gasteiger charge is -2.21. The van der Waals surface area contributed by atoms with E-state index in [4.69, 9.17) is 4.74 Å². The highest BCUT2D eigenvalue weighted by Gasteiger charge is 2.25. The maximum absolute atomic E-state index is 11.7. The molecule has 0 fully saturated rings. The molecule has 0 radical (unpaired) electrons. The predicted octanol–water partition coefficient (Wildman–Crippen LogP) is 1.33. The number of amides is 1. The SMILES string of the molecule is COC(=O)c1cc(CC(NC(=O)OC(C)(C)C)C(=O)O)cn1C. The number of nitrogens with zero attached hydrogens (tertiary/aromatic N) is 1. The number of aliphatic carboxylic acids is 1. The largest absolute Gasteiger partial charge is 0.480 e. The number of aryl methyl sites for hydroxylation is 1. The van der Waals surface area contributed by atoms with Crippen LogP contribution >= 0.6 is 0 Å². The standard InChI is InChI=1S/C15H22N2O6/c1-15(2,3)23-14(21)16-10(12(18)19)6-9-7-11(13(20)22-5)17(4)8-9/h7-8,10H,6H2,1-5H3,(H,16,21)(H,18,19). The van der Waals surface area contributed by atoms with Crippen LogP contribution in [0.4, 0.5) is 4.79 Å². The molecule has 1 rings (SSSR count). The topological polar surface area (TPSA) is 107 Å². The molecule has 1 amide bonds. The minimum Gasteiger partial charge on any atom is -0.480 e. The number of hydrogen-bond donors (Lipinski definition) is 2. The first-order chi connectivity index (χ1) is 10.5. The van der Waals surface area contributed by atoms with Gasteiger partial charge in [-0.2, -0.15) is 0 Å². The Bertz CT molecular complexity index is 600. The van der Waals surface area contributed by atoms with Crippen molar-refractivity contribution < 1.29 is 29.0 Å². The average molecular weight is 326 g/mol. The molecule has 0 aliphatic rings. The molecule has 1 aromatic heterocycles. The summed E-state index contributed by atoms with van der Waals surface area (Å²) in [5.41, 5.74) is 0.151. The molecular weight excluding hydrogens is 304 g/mol. The zero-order valence-corrected chi connectivity index (χ0v) is 13.9. The molecule has 0 spiro atoms. The molecular formula is C15H22N2O6. The van der Waals surface area contributed by atoms with Gasteiger partial charge in [-0.1, -0.05) is 0 Å². The van der Waals surface area contributed by atoms with Gasteiger partial charge in [0.15, 0.2) is 0 Å². The Labute approximate surface area is 134 Å². The lowest BCUT2D eigenvalue weighted by molar-refractivity contribution is -0.139. The van der Waals surface area contributed by atoms with Gasteiger partial charge in [-0.3, -0.25) is 0 Å². The second-order valence-electron chi connectivity index (χ2n) is 6.08. The van der Waals surface area contributed by atoms with Gasteiger partial charge in [-0.05, 0) is 32.4 Å². The second-order valence-corrected chi connectivity index (χ2v) is 6.08. The van der Waals surface area contributed by atoms with E-state index >= 15 is 0 Å². The number of carboxylic acid groups (broad SMARTS) is 1. The van der Waals surface area contributed by atoms with E-state index in [1.807, 2.05) is 0 Å². The molecule has 8 heteroatoms. The molecule has 0 bridgehead atoms. The molecule has 0 saturated carbocycles. The summed E-state index contributed by atoms with van der Waals surface area (Å²) in [5.74, 6) is -1.72. The highest BCUT2D eigenvalue weighted by Crippen LogP contribution is 2.12. The summed E-state index contributed by atoms with van der Waals surface area (Å²) in [5, 5.41) is 11.6. The summed E-state index contributed by atoms with van der Waals surface area (Å²) in [6, 6.07) is 0.358. The number of carbonyl (C=O) groups is 3. The Hall–Kier alpha value is -2.51. The van der Waals surface area contributed by atoms with Crippen LogP contribution in [-0.2, 0) is 27.7 Å². The van der Waals surface area contributed by atoms with Crippen LogP contribution in [0.3, 0.4) is 0 Å². The van der Waals surface area contributed by atoms with Crippen molar-refractivity contribution in [2.45, 2.75) is 38.8 Å². The first-order valence-electron chi connectivity index (χ1n) is 6.99. The van der Waals surface area contributed by atoms with Gasteiger partial charge in [0.2, 0.25) is 0 Å². The van der Waals surface area contributed by atoms with E-state index in [0.717, 1.165) is 0 Å². The molecule has 0 aliphatic carbocycles. The molecule has 128 valence electrons. The van der Waals surface area contributed by atoms with Crippen LogP contribution < -0.4 is 5.32 Å². The third-order valence-electron chi connectivity index (χ3n) is 2.88. The molecule has 0 aliphatic heterocycles. The van der Waals surface area contributed by atoms with Gasteiger partial charge in [0, 0.05) is 19.7 Å². The van der Waals surface area contributed by atoms with Crippen LogP contribution in [-0.4, -0.2) is 46.5 Å². The van der Waals surface area contributed by atoms with Crippen LogP contribution in [0.2, 0.25) is 0 Å². The Morgan fingerprint density at radius 2 is 1.96 bits per heavy atom. The van der Waals surface area contributed by atoms with Crippen LogP contribution in [0.1, 0.15) is 36.8 Å². The van der Waals surface area contributed by atoms with E-state index < -0.39 is 29.7 Å². The van der Waals surface area contributed by atoms with Crippen LogP contribution in [0.25, 0.3) is 0 Å². The van der Waals surface area contributed by atoms with Crippen molar-refractivity contribution in [2.24, 2.45) is 7.05 Å². The number of nitrogens with one attached hydrogen (secondary N) is 1. The zero-order chi connectivity index (χ0) is 17.8. The molecule has 1 aromatic rings. The van der Waals surface area contributed by atoms with E-state index in [1.54, 1.807) is 34.0 Å². The number of aromatic nitrogens is 1. The first-order valence-corrected chi connectivity index (χ1v) is 6.99. The smallest absolute Gasteiger partial charge is 0.408 e. The fourth-order valence-electron chi connectivity index (χ4n) is 1.94. The Morgan fingerprint density at radius 1 is 1.35 bits per heavy atom. The summed E-state index contributed by atoms with van der Waals surface area (Å²) in [6.45, 7) is 5.05. The quantitative estimate of drug-likeness (QED) is 0.791. The summed E-state index contributed by atoms with van der Waals surface area (Å²) in [4.78, 5) is 34.6. The van der Waals surface area contributed by atoms with Crippen molar-refractivity contribution in [1.82, 2.24) is 9.88 Å². The molecule has 1 heterocycles. The molecule has 2 N–H and O–H groups in total. The lowest BCUT2D eigenvalue weighted by Crippen LogP contribution is -2.44. The van der Waals surface area contributed by atoms with E-state index in [2.05, 4.69) is 10.1 Å². The van der Waals surface area contributed by atoms with Crippen LogP contribution in [0, 0.1) is 0 Å². The van der Waals surface area contributed by atoms with Crippen LogP contribution in [0.5, 0.6) is 0 Å². The summed E-state index contributed by atoms with van der Waals surface area (Å²) >= 11 is 0. The maximum Gasteiger partial charge on any atom is 0.408 e. The Balaban J connectivity index is 2.83. The number of ether oxygens (including phenoxy) is 2. The molecule has 1 unspecified atom stereocenters. The summed E-state index contributed by atoms with van der Waals surface area (Å²) in [7, 11) is 2.91. The number of alkyl carbamates (subject to hydrolysis) is 1. The van der Waals surface area contributed by atoms with Crippen molar-refractivity contribution in [2.75, 3.05) is 7.11 Å². The number of esters is 1. The Kier molecular flexibility index (Phi) is 5.78. The van der Waals surface area contributed by atoms with Gasteiger partial charge in [-0.15, -0.1) is 0 Å². The average Bonchev–Trinajstić information content (AvgIpc) is 2.75. The van der Waals surface area contributed by atoms with E-state index in [0.29, 0.717) is 11.3 Å². The van der Waals surface area contributed by atoms with Crippen molar-refractivity contribution in [3.63, 3.8) is 0 Å².